The van der Waals surface area contributed by atoms with Gasteiger partial charge in [-0.25, -0.2) is 9.97 Å². The van der Waals surface area contributed by atoms with Gasteiger partial charge in [0.25, 0.3) is 5.91 Å². The van der Waals surface area contributed by atoms with Crippen molar-refractivity contribution in [2.75, 3.05) is 55.5 Å². The number of nitrogens with zero attached hydrogens (tertiary/aromatic N) is 4. The number of benzene rings is 1. The van der Waals surface area contributed by atoms with Gasteiger partial charge in [0, 0.05) is 38.4 Å². The number of amides is 1. The number of hydrogen-bond acceptors (Lipinski definition) is 6. The van der Waals surface area contributed by atoms with Crippen molar-refractivity contribution in [3.05, 3.63) is 41.2 Å². The second kappa shape index (κ2) is 7.70. The van der Waals surface area contributed by atoms with E-state index in [0.29, 0.717) is 30.4 Å². The van der Waals surface area contributed by atoms with E-state index < -0.39 is 0 Å². The molecule has 0 unspecified atom stereocenters. The van der Waals surface area contributed by atoms with E-state index in [1.54, 1.807) is 0 Å². The maximum absolute atomic E-state index is 12.6. The quantitative estimate of drug-likeness (QED) is 0.907. The van der Waals surface area contributed by atoms with Crippen molar-refractivity contribution in [3.8, 4) is 0 Å². The van der Waals surface area contributed by atoms with E-state index in [1.807, 2.05) is 57.1 Å². The Morgan fingerprint density at radius 3 is 2.19 bits per heavy atom. The van der Waals surface area contributed by atoms with Crippen molar-refractivity contribution < 1.29 is 9.53 Å². The van der Waals surface area contributed by atoms with Crippen molar-refractivity contribution in [3.63, 3.8) is 0 Å². The number of ether oxygens (including phenoxy) is 1. The summed E-state index contributed by atoms with van der Waals surface area (Å²) in [6.07, 6.45) is 0. The van der Waals surface area contributed by atoms with Crippen LogP contribution in [0, 0.1) is 13.8 Å². The summed E-state index contributed by atoms with van der Waals surface area (Å²) >= 11 is 0. The SMILES string of the molecule is Cc1nc(N2CCOCC2)nc(C)c1NC(=O)c1ccc(N(C)C)cc1. The molecular weight excluding hydrogens is 330 g/mol. The molecule has 1 fully saturated rings. The minimum absolute atomic E-state index is 0.163. The molecule has 1 aromatic carbocycles. The predicted octanol–water partition coefficient (Wildman–Crippen LogP) is 2.25. The minimum atomic E-state index is -0.163. The van der Waals surface area contributed by atoms with E-state index in [1.165, 1.54) is 0 Å². The lowest BCUT2D eigenvalue weighted by Crippen LogP contribution is -2.37. The second-order valence-electron chi connectivity index (χ2n) is 6.56. The van der Waals surface area contributed by atoms with Crippen molar-refractivity contribution in [2.45, 2.75) is 13.8 Å². The third-order valence-electron chi connectivity index (χ3n) is 4.44. The molecule has 0 radical (unpaired) electrons. The summed E-state index contributed by atoms with van der Waals surface area (Å²) in [6.45, 7) is 6.71. The zero-order valence-electron chi connectivity index (χ0n) is 15.7. The number of morpholine rings is 1. The van der Waals surface area contributed by atoms with Crippen molar-refractivity contribution in [1.82, 2.24) is 9.97 Å². The smallest absolute Gasteiger partial charge is 0.255 e. The molecular formula is C19H25N5O2. The topological polar surface area (TPSA) is 70.6 Å². The van der Waals surface area contributed by atoms with Gasteiger partial charge in [-0.1, -0.05) is 0 Å². The van der Waals surface area contributed by atoms with Gasteiger partial charge in [-0.2, -0.15) is 0 Å². The molecule has 0 aliphatic carbocycles. The van der Waals surface area contributed by atoms with Crippen LogP contribution in [-0.2, 0) is 4.74 Å². The number of carbonyl (C=O) groups excluding carboxylic acids is 1. The zero-order chi connectivity index (χ0) is 18.7. The summed E-state index contributed by atoms with van der Waals surface area (Å²) in [5.74, 6) is 0.529. The van der Waals surface area contributed by atoms with Crippen LogP contribution in [0.15, 0.2) is 24.3 Å². The van der Waals surface area contributed by atoms with Crippen LogP contribution in [0.1, 0.15) is 21.7 Å². The van der Waals surface area contributed by atoms with Gasteiger partial charge < -0.3 is 19.9 Å². The van der Waals surface area contributed by atoms with Gasteiger partial charge in [-0.15, -0.1) is 0 Å². The number of anilines is 3. The highest BCUT2D eigenvalue weighted by Crippen LogP contribution is 2.22. The molecule has 1 aromatic heterocycles. The standard InChI is InChI=1S/C19H25N5O2/c1-13-17(14(2)21-19(20-13)24-9-11-26-12-10-24)22-18(25)15-5-7-16(8-6-15)23(3)4/h5-8H,9-12H2,1-4H3,(H,22,25). The first-order valence-corrected chi connectivity index (χ1v) is 8.72. The number of nitrogens with one attached hydrogen (secondary N) is 1. The van der Waals surface area contributed by atoms with Crippen LogP contribution in [0.5, 0.6) is 0 Å². The summed E-state index contributed by atoms with van der Waals surface area (Å²) in [5.41, 5.74) is 3.84. The first-order valence-electron chi connectivity index (χ1n) is 8.72. The Labute approximate surface area is 154 Å². The van der Waals surface area contributed by atoms with Crippen LogP contribution in [-0.4, -0.2) is 56.3 Å². The van der Waals surface area contributed by atoms with Gasteiger partial charge in [0.15, 0.2) is 0 Å². The van der Waals surface area contributed by atoms with E-state index in [9.17, 15) is 4.79 Å². The lowest BCUT2D eigenvalue weighted by atomic mass is 10.1. The van der Waals surface area contributed by atoms with Gasteiger partial charge in [-0.3, -0.25) is 4.79 Å². The largest absolute Gasteiger partial charge is 0.378 e. The average molecular weight is 355 g/mol. The maximum Gasteiger partial charge on any atom is 0.255 e. The highest BCUT2D eigenvalue weighted by molar-refractivity contribution is 6.05. The summed E-state index contributed by atoms with van der Waals surface area (Å²) in [4.78, 5) is 25.8. The van der Waals surface area contributed by atoms with Crippen molar-refractivity contribution >= 4 is 23.2 Å². The Kier molecular flexibility index (Phi) is 5.37. The summed E-state index contributed by atoms with van der Waals surface area (Å²) < 4.78 is 5.37. The van der Waals surface area contributed by atoms with Crippen LogP contribution in [0.25, 0.3) is 0 Å². The number of carbonyl (C=O) groups is 1. The fourth-order valence-electron chi connectivity index (χ4n) is 2.88. The molecule has 138 valence electrons. The van der Waals surface area contributed by atoms with Crippen molar-refractivity contribution in [1.29, 1.82) is 0 Å². The molecule has 26 heavy (non-hydrogen) atoms. The van der Waals surface area contributed by atoms with Crippen LogP contribution >= 0.6 is 0 Å². The Hall–Kier alpha value is -2.67. The number of rotatable bonds is 4. The van der Waals surface area contributed by atoms with Crippen LogP contribution < -0.4 is 15.1 Å². The Morgan fingerprint density at radius 1 is 1.08 bits per heavy atom. The van der Waals surface area contributed by atoms with Crippen LogP contribution in [0.2, 0.25) is 0 Å². The van der Waals surface area contributed by atoms with Gasteiger partial charge in [0.05, 0.1) is 30.3 Å². The summed E-state index contributed by atoms with van der Waals surface area (Å²) in [5, 5.41) is 2.95. The normalized spacial score (nSPS) is 14.2. The molecule has 1 aliphatic rings. The van der Waals surface area contributed by atoms with Gasteiger partial charge >= 0.3 is 0 Å². The maximum atomic E-state index is 12.6. The highest BCUT2D eigenvalue weighted by atomic mass is 16.5. The first-order chi connectivity index (χ1) is 12.5. The Bertz CT molecular complexity index is 760. The molecule has 1 N–H and O–H groups in total. The van der Waals surface area contributed by atoms with E-state index in [0.717, 1.165) is 30.2 Å². The highest BCUT2D eigenvalue weighted by Gasteiger charge is 2.18. The lowest BCUT2D eigenvalue weighted by molar-refractivity contribution is 0.102. The van der Waals surface area contributed by atoms with Gasteiger partial charge in [0.2, 0.25) is 5.95 Å². The fourth-order valence-corrected chi connectivity index (χ4v) is 2.88. The van der Waals surface area contributed by atoms with E-state index in [-0.39, 0.29) is 5.91 Å². The molecule has 2 heterocycles. The second-order valence-corrected chi connectivity index (χ2v) is 6.56. The molecule has 0 saturated carbocycles. The number of aromatic nitrogens is 2. The molecule has 1 aliphatic heterocycles. The van der Waals surface area contributed by atoms with Crippen LogP contribution in [0.3, 0.4) is 0 Å². The first kappa shape index (κ1) is 18.1. The molecule has 2 aromatic rings. The summed E-state index contributed by atoms with van der Waals surface area (Å²) in [7, 11) is 3.93. The van der Waals surface area contributed by atoms with E-state index in [2.05, 4.69) is 20.2 Å². The Morgan fingerprint density at radius 2 is 1.65 bits per heavy atom. The molecule has 1 saturated heterocycles. The minimum Gasteiger partial charge on any atom is -0.378 e. The number of aryl methyl sites for hydroxylation is 2. The van der Waals surface area contributed by atoms with E-state index >= 15 is 0 Å². The molecule has 0 bridgehead atoms. The molecule has 7 heteroatoms. The molecule has 0 atom stereocenters. The zero-order valence-corrected chi connectivity index (χ0v) is 15.7. The average Bonchev–Trinajstić information content (AvgIpc) is 2.65. The monoisotopic (exact) mass is 355 g/mol. The summed E-state index contributed by atoms with van der Waals surface area (Å²) in [6, 6.07) is 7.48. The fraction of sp³-hybridized carbons (Fsp3) is 0.421. The molecule has 0 spiro atoms. The molecule has 7 nitrogen and oxygen atoms in total. The van der Waals surface area contributed by atoms with Gasteiger partial charge in [-0.05, 0) is 38.1 Å². The third-order valence-corrected chi connectivity index (χ3v) is 4.44. The lowest BCUT2D eigenvalue weighted by Gasteiger charge is -2.27. The van der Waals surface area contributed by atoms with Crippen molar-refractivity contribution in [2.24, 2.45) is 0 Å². The Balaban J connectivity index is 1.77. The number of hydrogen-bond donors (Lipinski definition) is 1. The van der Waals surface area contributed by atoms with Crippen LogP contribution in [0.4, 0.5) is 17.3 Å². The van der Waals surface area contributed by atoms with E-state index in [4.69, 9.17) is 4.74 Å². The molecule has 3 rings (SSSR count). The van der Waals surface area contributed by atoms with Gasteiger partial charge in [0.1, 0.15) is 0 Å². The predicted molar refractivity (Wildman–Crippen MR) is 103 cm³/mol. The molecule has 1 amide bonds. The third kappa shape index (κ3) is 3.94.